The predicted molar refractivity (Wildman–Crippen MR) is 74.1 cm³/mol. The largest absolute Gasteiger partial charge is 0.480 e. The molecule has 2 N–H and O–H groups in total. The van der Waals surface area contributed by atoms with Gasteiger partial charge in [0.05, 0.1) is 6.54 Å². The molecule has 6 heteroatoms. The van der Waals surface area contributed by atoms with Crippen molar-refractivity contribution in [2.24, 2.45) is 0 Å². The highest BCUT2D eigenvalue weighted by Crippen LogP contribution is 2.15. The molecule has 1 amide bonds. The molecule has 0 unspecified atom stereocenters. The van der Waals surface area contributed by atoms with Gasteiger partial charge in [0.25, 0.3) is 0 Å². The van der Waals surface area contributed by atoms with E-state index in [1.165, 1.54) is 24.8 Å². The molecule has 0 aliphatic carbocycles. The maximum absolute atomic E-state index is 13.3. The van der Waals surface area contributed by atoms with Crippen molar-refractivity contribution >= 4 is 17.6 Å². The van der Waals surface area contributed by atoms with Crippen LogP contribution in [0.1, 0.15) is 19.4 Å². The molecule has 0 atom stereocenters. The first-order chi connectivity index (χ1) is 9.14. The fraction of sp³-hybridized carbons (Fsp3) is 0.429. The maximum Gasteiger partial charge on any atom is 0.323 e. The van der Waals surface area contributed by atoms with Crippen molar-refractivity contribution in [3.05, 3.63) is 29.6 Å². The van der Waals surface area contributed by atoms with Crippen LogP contribution in [-0.4, -0.2) is 41.0 Å². The van der Waals surface area contributed by atoms with E-state index in [0.717, 1.165) is 0 Å². The molecule has 0 saturated carbocycles. The van der Waals surface area contributed by atoms with Crippen LogP contribution in [-0.2, 0) is 9.59 Å². The number of anilines is 1. The van der Waals surface area contributed by atoms with E-state index >= 15 is 0 Å². The summed E-state index contributed by atoms with van der Waals surface area (Å²) in [6, 6.07) is 4.39. The standard InChI is InChI=1S/C14H19FN2O3/c1-9-5-6-10(7-11(9)15)16-12(18)8-17(4)14(2,3)13(19)20/h5-7H,8H2,1-4H3,(H,16,18)(H,19,20). The Hall–Kier alpha value is -1.95. The Morgan fingerprint density at radius 3 is 2.50 bits per heavy atom. The van der Waals surface area contributed by atoms with Crippen LogP contribution in [0.5, 0.6) is 0 Å². The molecule has 0 spiro atoms. The van der Waals surface area contributed by atoms with E-state index in [1.807, 2.05) is 0 Å². The summed E-state index contributed by atoms with van der Waals surface area (Å²) >= 11 is 0. The van der Waals surface area contributed by atoms with E-state index in [1.54, 1.807) is 26.1 Å². The van der Waals surface area contributed by atoms with Crippen LogP contribution < -0.4 is 5.32 Å². The van der Waals surface area contributed by atoms with Crippen molar-refractivity contribution in [1.29, 1.82) is 0 Å². The molecule has 1 aromatic rings. The monoisotopic (exact) mass is 282 g/mol. The summed E-state index contributed by atoms with van der Waals surface area (Å²) in [5.41, 5.74) is -0.317. The number of likely N-dealkylation sites (N-methyl/N-ethyl adjacent to an activating group) is 1. The molecule has 0 fully saturated rings. The van der Waals surface area contributed by atoms with Crippen LogP contribution in [0.25, 0.3) is 0 Å². The third-order valence-corrected chi connectivity index (χ3v) is 3.31. The second-order valence-electron chi connectivity index (χ2n) is 5.23. The number of hydrogen-bond acceptors (Lipinski definition) is 3. The average Bonchev–Trinajstić information content (AvgIpc) is 2.33. The Labute approximate surface area is 117 Å². The lowest BCUT2D eigenvalue weighted by Gasteiger charge is -2.30. The number of hydrogen-bond donors (Lipinski definition) is 2. The minimum Gasteiger partial charge on any atom is -0.480 e. The second kappa shape index (κ2) is 6.00. The van der Waals surface area contributed by atoms with E-state index < -0.39 is 23.2 Å². The van der Waals surface area contributed by atoms with Crippen LogP contribution in [0, 0.1) is 12.7 Å². The molecule has 0 bridgehead atoms. The summed E-state index contributed by atoms with van der Waals surface area (Å²) in [6.45, 7) is 4.54. The number of aryl methyl sites for hydroxylation is 1. The van der Waals surface area contributed by atoms with E-state index in [2.05, 4.69) is 5.32 Å². The van der Waals surface area contributed by atoms with E-state index in [4.69, 9.17) is 5.11 Å². The van der Waals surface area contributed by atoms with Crippen molar-refractivity contribution in [2.75, 3.05) is 18.9 Å². The van der Waals surface area contributed by atoms with Gasteiger partial charge < -0.3 is 10.4 Å². The average molecular weight is 282 g/mol. The highest BCUT2D eigenvalue weighted by Gasteiger charge is 2.32. The molecule has 0 saturated heterocycles. The first kappa shape index (κ1) is 16.1. The number of nitrogens with one attached hydrogen (secondary N) is 1. The van der Waals surface area contributed by atoms with Crippen LogP contribution >= 0.6 is 0 Å². The van der Waals surface area contributed by atoms with Crippen LogP contribution in [0.2, 0.25) is 0 Å². The Morgan fingerprint density at radius 2 is 2.00 bits per heavy atom. The fourth-order valence-electron chi connectivity index (χ4n) is 1.45. The molecular formula is C14H19FN2O3. The molecule has 0 radical (unpaired) electrons. The quantitative estimate of drug-likeness (QED) is 0.865. The molecule has 0 aromatic heterocycles. The third-order valence-electron chi connectivity index (χ3n) is 3.31. The summed E-state index contributed by atoms with van der Waals surface area (Å²) in [5, 5.41) is 11.6. The van der Waals surface area contributed by atoms with Gasteiger partial charge in [-0.2, -0.15) is 0 Å². The molecule has 1 rings (SSSR count). The predicted octanol–water partition coefficient (Wildman–Crippen LogP) is 1.87. The minimum absolute atomic E-state index is 0.102. The van der Waals surface area contributed by atoms with Gasteiger partial charge in [-0.1, -0.05) is 6.07 Å². The van der Waals surface area contributed by atoms with Crippen molar-refractivity contribution < 1.29 is 19.1 Å². The minimum atomic E-state index is -1.16. The summed E-state index contributed by atoms with van der Waals surface area (Å²) < 4.78 is 13.3. The fourth-order valence-corrected chi connectivity index (χ4v) is 1.45. The Bertz CT molecular complexity index is 529. The normalized spacial score (nSPS) is 11.5. The molecule has 20 heavy (non-hydrogen) atoms. The smallest absolute Gasteiger partial charge is 0.323 e. The number of carboxylic acids is 1. The third kappa shape index (κ3) is 3.77. The maximum atomic E-state index is 13.3. The van der Waals surface area contributed by atoms with Gasteiger partial charge in [-0.05, 0) is 45.5 Å². The summed E-state index contributed by atoms with van der Waals surface area (Å²) in [6.07, 6.45) is 0. The molecule has 0 heterocycles. The molecule has 0 aliphatic heterocycles. The number of halogens is 1. The first-order valence-corrected chi connectivity index (χ1v) is 6.15. The van der Waals surface area contributed by atoms with Crippen LogP contribution in [0.3, 0.4) is 0 Å². The molecule has 1 aromatic carbocycles. The van der Waals surface area contributed by atoms with Crippen LogP contribution in [0.4, 0.5) is 10.1 Å². The zero-order chi connectivity index (χ0) is 15.5. The number of amides is 1. The zero-order valence-corrected chi connectivity index (χ0v) is 12.0. The van der Waals surface area contributed by atoms with Gasteiger partial charge in [-0.15, -0.1) is 0 Å². The van der Waals surface area contributed by atoms with Gasteiger partial charge in [0.2, 0.25) is 5.91 Å². The molecule has 110 valence electrons. The number of carbonyl (C=O) groups is 2. The Kier molecular flexibility index (Phi) is 4.83. The first-order valence-electron chi connectivity index (χ1n) is 6.15. The van der Waals surface area contributed by atoms with E-state index in [0.29, 0.717) is 11.3 Å². The van der Waals surface area contributed by atoms with Gasteiger partial charge in [0.1, 0.15) is 11.4 Å². The second-order valence-corrected chi connectivity index (χ2v) is 5.23. The number of aliphatic carboxylic acids is 1. The highest BCUT2D eigenvalue weighted by atomic mass is 19.1. The highest BCUT2D eigenvalue weighted by molar-refractivity contribution is 5.92. The van der Waals surface area contributed by atoms with Crippen molar-refractivity contribution in [2.45, 2.75) is 26.3 Å². The van der Waals surface area contributed by atoms with Crippen molar-refractivity contribution in [3.8, 4) is 0 Å². The SMILES string of the molecule is Cc1ccc(NC(=O)CN(C)C(C)(C)C(=O)O)cc1F. The summed E-state index contributed by atoms with van der Waals surface area (Å²) in [5.74, 6) is -1.82. The zero-order valence-electron chi connectivity index (χ0n) is 12.0. The van der Waals surface area contributed by atoms with Crippen molar-refractivity contribution in [1.82, 2.24) is 4.90 Å². The van der Waals surface area contributed by atoms with Gasteiger partial charge in [0, 0.05) is 5.69 Å². The lowest BCUT2D eigenvalue weighted by Crippen LogP contribution is -2.50. The van der Waals surface area contributed by atoms with E-state index in [-0.39, 0.29) is 6.54 Å². The molecular weight excluding hydrogens is 263 g/mol. The number of nitrogens with zero attached hydrogens (tertiary/aromatic N) is 1. The van der Waals surface area contributed by atoms with E-state index in [9.17, 15) is 14.0 Å². The topological polar surface area (TPSA) is 69.6 Å². The number of carbonyl (C=O) groups excluding carboxylic acids is 1. The molecule has 0 aliphatic rings. The Balaban J connectivity index is 2.68. The van der Waals surface area contributed by atoms with Gasteiger partial charge in [-0.3, -0.25) is 14.5 Å². The number of carboxylic acid groups (broad SMARTS) is 1. The summed E-state index contributed by atoms with van der Waals surface area (Å²) in [7, 11) is 1.55. The Morgan fingerprint density at radius 1 is 1.40 bits per heavy atom. The number of rotatable bonds is 5. The number of benzene rings is 1. The van der Waals surface area contributed by atoms with Gasteiger partial charge in [0.15, 0.2) is 0 Å². The van der Waals surface area contributed by atoms with Crippen molar-refractivity contribution in [3.63, 3.8) is 0 Å². The van der Waals surface area contributed by atoms with Gasteiger partial charge in [-0.25, -0.2) is 4.39 Å². The molecule has 5 nitrogen and oxygen atoms in total. The lowest BCUT2D eigenvalue weighted by atomic mass is 10.0. The summed E-state index contributed by atoms with van der Waals surface area (Å²) in [4.78, 5) is 24.3. The van der Waals surface area contributed by atoms with Crippen LogP contribution in [0.15, 0.2) is 18.2 Å². The van der Waals surface area contributed by atoms with Gasteiger partial charge >= 0.3 is 5.97 Å². The lowest BCUT2D eigenvalue weighted by molar-refractivity contribution is -0.148.